The highest BCUT2D eigenvalue weighted by atomic mass is 16.6. The standard InChI is InChI=1S/C54H90O6/c1-4-7-10-13-16-19-22-24-25-26-27-28-29-31-32-35-38-41-44-47-53(56)59-50-51(49-58-52(55)46-43-40-37-34-21-18-15-12-9-6-3)60-54(57)48-45-42-39-36-33-30-23-20-17-14-11-8-5-2/h8,11,16-17,19-20,24-25,27-28,30,33,39,42,51H,4-7,9-10,12-15,18,21-23,26,29,31-32,34-38,40-41,43-50H2,1-3H3/b11-8-,19-16-,20-17-,25-24-,28-27-,33-30-,42-39-. The van der Waals surface area contributed by atoms with Crippen LogP contribution in [0, 0.1) is 0 Å². The van der Waals surface area contributed by atoms with Crippen molar-refractivity contribution in [3.8, 4) is 0 Å². The predicted molar refractivity (Wildman–Crippen MR) is 256 cm³/mol. The third-order valence-corrected chi connectivity index (χ3v) is 10.1. The van der Waals surface area contributed by atoms with Gasteiger partial charge in [0.2, 0.25) is 0 Å². The molecule has 0 aliphatic rings. The Hall–Kier alpha value is -3.41. The number of allylic oxidation sites excluding steroid dienone is 14. The molecule has 342 valence electrons. The maximum atomic E-state index is 12.7. The van der Waals surface area contributed by atoms with Gasteiger partial charge >= 0.3 is 17.9 Å². The molecular weight excluding hydrogens is 745 g/mol. The normalized spacial score (nSPS) is 12.8. The van der Waals surface area contributed by atoms with Gasteiger partial charge in [-0.2, -0.15) is 0 Å². The van der Waals surface area contributed by atoms with Crippen molar-refractivity contribution in [1.29, 1.82) is 0 Å². The summed E-state index contributed by atoms with van der Waals surface area (Å²) in [7, 11) is 0. The van der Waals surface area contributed by atoms with Crippen molar-refractivity contribution in [1.82, 2.24) is 0 Å². The Kier molecular flexibility index (Phi) is 45.5. The lowest BCUT2D eigenvalue weighted by Crippen LogP contribution is -2.30. The molecule has 0 fully saturated rings. The van der Waals surface area contributed by atoms with Gasteiger partial charge in [0.05, 0.1) is 0 Å². The minimum atomic E-state index is -0.817. The Bertz CT molecular complexity index is 1190. The Morgan fingerprint density at radius 1 is 0.350 bits per heavy atom. The van der Waals surface area contributed by atoms with E-state index in [0.29, 0.717) is 19.3 Å². The molecule has 0 aromatic heterocycles. The summed E-state index contributed by atoms with van der Waals surface area (Å²) in [5.41, 5.74) is 0. The molecule has 0 aromatic rings. The number of hydrogen-bond donors (Lipinski definition) is 0. The minimum absolute atomic E-state index is 0.109. The number of esters is 3. The first-order valence-electron chi connectivity index (χ1n) is 24.6. The Morgan fingerprint density at radius 2 is 0.683 bits per heavy atom. The average molecular weight is 835 g/mol. The molecule has 0 rings (SSSR count). The molecule has 0 radical (unpaired) electrons. The topological polar surface area (TPSA) is 78.9 Å². The van der Waals surface area contributed by atoms with Gasteiger partial charge in [-0.15, -0.1) is 0 Å². The van der Waals surface area contributed by atoms with E-state index in [-0.39, 0.29) is 31.6 Å². The molecule has 0 bridgehead atoms. The van der Waals surface area contributed by atoms with Crippen LogP contribution in [0.15, 0.2) is 85.1 Å². The molecule has 0 aromatic carbocycles. The van der Waals surface area contributed by atoms with Gasteiger partial charge in [-0.05, 0) is 83.5 Å². The zero-order chi connectivity index (χ0) is 43.7. The predicted octanol–water partition coefficient (Wildman–Crippen LogP) is 16.0. The molecule has 6 nitrogen and oxygen atoms in total. The van der Waals surface area contributed by atoms with E-state index >= 15 is 0 Å². The monoisotopic (exact) mass is 835 g/mol. The molecule has 0 aliphatic carbocycles. The number of carbonyl (C=O) groups excluding carboxylic acids is 3. The number of ether oxygens (including phenoxy) is 3. The third-order valence-electron chi connectivity index (χ3n) is 10.1. The van der Waals surface area contributed by atoms with Gasteiger partial charge in [0.25, 0.3) is 0 Å². The summed E-state index contributed by atoms with van der Waals surface area (Å²) in [4.78, 5) is 37.8. The zero-order valence-corrected chi connectivity index (χ0v) is 38.9. The van der Waals surface area contributed by atoms with E-state index < -0.39 is 12.1 Å². The molecule has 1 atom stereocenters. The van der Waals surface area contributed by atoms with Crippen LogP contribution in [0.3, 0.4) is 0 Å². The van der Waals surface area contributed by atoms with E-state index in [1.165, 1.54) is 83.5 Å². The van der Waals surface area contributed by atoms with Crippen molar-refractivity contribution >= 4 is 17.9 Å². The molecule has 1 unspecified atom stereocenters. The van der Waals surface area contributed by atoms with Gasteiger partial charge in [0.15, 0.2) is 6.10 Å². The van der Waals surface area contributed by atoms with E-state index in [4.69, 9.17) is 14.2 Å². The van der Waals surface area contributed by atoms with E-state index in [9.17, 15) is 14.4 Å². The third kappa shape index (κ3) is 45.7. The summed E-state index contributed by atoms with van der Waals surface area (Å²) in [5, 5.41) is 0. The summed E-state index contributed by atoms with van der Waals surface area (Å²) in [6.45, 7) is 6.39. The summed E-state index contributed by atoms with van der Waals surface area (Å²) >= 11 is 0. The van der Waals surface area contributed by atoms with Gasteiger partial charge in [0.1, 0.15) is 13.2 Å². The number of rotatable bonds is 43. The van der Waals surface area contributed by atoms with Crippen LogP contribution in [0.5, 0.6) is 0 Å². The fourth-order valence-electron chi connectivity index (χ4n) is 6.46. The highest BCUT2D eigenvalue weighted by molar-refractivity contribution is 5.71. The van der Waals surface area contributed by atoms with E-state index in [1.807, 2.05) is 12.2 Å². The average Bonchev–Trinajstić information content (AvgIpc) is 3.24. The quantitative estimate of drug-likeness (QED) is 0.0263. The van der Waals surface area contributed by atoms with Crippen LogP contribution >= 0.6 is 0 Å². The van der Waals surface area contributed by atoms with Crippen LogP contribution in [-0.2, 0) is 28.6 Å². The van der Waals surface area contributed by atoms with E-state index in [1.54, 1.807) is 0 Å². The van der Waals surface area contributed by atoms with Crippen molar-refractivity contribution in [2.45, 2.75) is 226 Å². The van der Waals surface area contributed by atoms with Crippen molar-refractivity contribution in [3.05, 3.63) is 85.1 Å². The van der Waals surface area contributed by atoms with Crippen LogP contribution in [0.2, 0.25) is 0 Å². The second-order valence-corrected chi connectivity index (χ2v) is 16.0. The maximum absolute atomic E-state index is 12.7. The Labute approximate surface area is 369 Å². The number of hydrogen-bond acceptors (Lipinski definition) is 6. The molecule has 0 aliphatic heterocycles. The van der Waals surface area contributed by atoms with Gasteiger partial charge < -0.3 is 14.2 Å². The molecule has 6 heteroatoms. The second kappa shape index (κ2) is 48.3. The molecule has 60 heavy (non-hydrogen) atoms. The minimum Gasteiger partial charge on any atom is -0.462 e. The smallest absolute Gasteiger partial charge is 0.306 e. The molecule has 0 saturated heterocycles. The van der Waals surface area contributed by atoms with Crippen molar-refractivity contribution < 1.29 is 28.6 Å². The molecular formula is C54H90O6. The zero-order valence-electron chi connectivity index (χ0n) is 38.9. The summed E-state index contributed by atoms with van der Waals surface area (Å²) in [6, 6.07) is 0. The van der Waals surface area contributed by atoms with Crippen molar-refractivity contribution in [3.63, 3.8) is 0 Å². The Morgan fingerprint density at radius 3 is 1.12 bits per heavy atom. The first-order valence-corrected chi connectivity index (χ1v) is 24.6. The Balaban J connectivity index is 4.44. The lowest BCUT2D eigenvalue weighted by Gasteiger charge is -2.18. The summed E-state index contributed by atoms with van der Waals surface area (Å²) in [5.74, 6) is -1.01. The first-order chi connectivity index (χ1) is 29.5. The van der Waals surface area contributed by atoms with Gasteiger partial charge in [0, 0.05) is 19.3 Å². The van der Waals surface area contributed by atoms with E-state index in [0.717, 1.165) is 89.9 Å². The van der Waals surface area contributed by atoms with Crippen molar-refractivity contribution in [2.24, 2.45) is 0 Å². The van der Waals surface area contributed by atoms with Crippen LogP contribution in [0.25, 0.3) is 0 Å². The second-order valence-electron chi connectivity index (χ2n) is 16.0. The van der Waals surface area contributed by atoms with Crippen LogP contribution in [0.1, 0.15) is 220 Å². The molecule has 0 N–H and O–H groups in total. The van der Waals surface area contributed by atoms with Gasteiger partial charge in [-0.25, -0.2) is 0 Å². The van der Waals surface area contributed by atoms with E-state index in [2.05, 4.69) is 93.7 Å². The van der Waals surface area contributed by atoms with Crippen molar-refractivity contribution in [2.75, 3.05) is 13.2 Å². The highest BCUT2D eigenvalue weighted by Crippen LogP contribution is 2.13. The van der Waals surface area contributed by atoms with Gasteiger partial charge in [-0.3, -0.25) is 14.4 Å². The SMILES string of the molecule is CC/C=C\C/C=C\C/C=C\C/C=C\CCC(=O)OC(COC(=O)CCCCCCCC/C=C\C/C=C\C/C=C\CCCCC)COC(=O)CCCCCCCCCCCC. The molecule has 0 saturated carbocycles. The fourth-order valence-corrected chi connectivity index (χ4v) is 6.46. The van der Waals surface area contributed by atoms with Crippen LogP contribution < -0.4 is 0 Å². The number of unbranched alkanes of at least 4 members (excludes halogenated alkanes) is 18. The maximum Gasteiger partial charge on any atom is 0.306 e. The van der Waals surface area contributed by atoms with Gasteiger partial charge in [-0.1, -0.05) is 202 Å². The lowest BCUT2D eigenvalue weighted by molar-refractivity contribution is -0.166. The first kappa shape index (κ1) is 56.6. The molecule has 0 heterocycles. The molecule has 0 spiro atoms. The largest absolute Gasteiger partial charge is 0.462 e. The molecule has 0 amide bonds. The summed E-state index contributed by atoms with van der Waals surface area (Å²) in [6.07, 6.45) is 61.5. The number of carbonyl (C=O) groups is 3. The summed E-state index contributed by atoms with van der Waals surface area (Å²) < 4.78 is 16.7. The lowest BCUT2D eigenvalue weighted by atomic mass is 10.1. The fraction of sp³-hybridized carbons (Fsp3) is 0.685. The highest BCUT2D eigenvalue weighted by Gasteiger charge is 2.19. The van der Waals surface area contributed by atoms with Crippen LogP contribution in [-0.4, -0.2) is 37.2 Å². The van der Waals surface area contributed by atoms with Crippen LogP contribution in [0.4, 0.5) is 0 Å².